The lowest BCUT2D eigenvalue weighted by molar-refractivity contribution is -0.384. The van der Waals surface area contributed by atoms with Gasteiger partial charge in [0.1, 0.15) is 0 Å². The zero-order chi connectivity index (χ0) is 15.6. The maximum atomic E-state index is 11.2. The van der Waals surface area contributed by atoms with E-state index in [4.69, 9.17) is 0 Å². The van der Waals surface area contributed by atoms with Gasteiger partial charge in [-0.25, -0.2) is 4.98 Å². The third-order valence-electron chi connectivity index (χ3n) is 3.21. The number of amides is 1. The number of carbonyl (C=O) groups is 1. The van der Waals surface area contributed by atoms with Crippen LogP contribution < -0.4 is 4.90 Å². The van der Waals surface area contributed by atoms with Crippen LogP contribution in [0.1, 0.15) is 6.92 Å². The Morgan fingerprint density at radius 2 is 2.10 bits per heavy atom. The van der Waals surface area contributed by atoms with E-state index in [-0.39, 0.29) is 11.6 Å². The monoisotopic (exact) mass is 308 g/mol. The number of fused-ring (bicyclic) bond motifs is 1. The summed E-state index contributed by atoms with van der Waals surface area (Å²) in [5.41, 5.74) is 0.809. The second-order valence-electron chi connectivity index (χ2n) is 4.77. The lowest BCUT2D eigenvalue weighted by atomic mass is 10.3. The Morgan fingerprint density at radius 3 is 2.71 bits per heavy atom. The molecule has 0 N–H and O–H groups in total. The summed E-state index contributed by atoms with van der Waals surface area (Å²) in [5.74, 6) is 0.0170. The Labute approximate surface area is 125 Å². The molecule has 1 aromatic heterocycles. The largest absolute Gasteiger partial charge is 0.349 e. The number of nitro benzene ring substituents is 1. The van der Waals surface area contributed by atoms with Crippen molar-refractivity contribution in [3.05, 3.63) is 28.3 Å². The van der Waals surface area contributed by atoms with Crippen LogP contribution in [0.2, 0.25) is 0 Å². The minimum Gasteiger partial charge on any atom is -0.349 e. The van der Waals surface area contributed by atoms with Crippen LogP contribution in [0.4, 0.5) is 10.8 Å². The zero-order valence-electron chi connectivity index (χ0n) is 12.1. The van der Waals surface area contributed by atoms with Crippen molar-refractivity contribution in [1.82, 2.24) is 9.88 Å². The van der Waals surface area contributed by atoms with E-state index in [0.29, 0.717) is 13.1 Å². The van der Waals surface area contributed by atoms with Gasteiger partial charge in [0.25, 0.3) is 5.69 Å². The van der Waals surface area contributed by atoms with Crippen molar-refractivity contribution in [2.24, 2.45) is 0 Å². The van der Waals surface area contributed by atoms with Crippen molar-refractivity contribution in [3.63, 3.8) is 0 Å². The predicted molar refractivity (Wildman–Crippen MR) is 82.9 cm³/mol. The number of likely N-dealkylation sites (N-methyl/N-ethyl adjacent to an activating group) is 2. The normalized spacial score (nSPS) is 10.6. The summed E-state index contributed by atoms with van der Waals surface area (Å²) < 4.78 is 0.783. The standard InChI is InChI=1S/C13H16N4O3S/c1-9(18)15(2)6-7-16(3)13-14-11-5-4-10(17(19)20)8-12(11)21-13/h4-5,8H,6-7H2,1-3H3. The van der Waals surface area contributed by atoms with Gasteiger partial charge in [-0.3, -0.25) is 14.9 Å². The second-order valence-corrected chi connectivity index (χ2v) is 5.78. The van der Waals surface area contributed by atoms with Gasteiger partial charge in [0, 0.05) is 46.2 Å². The number of aromatic nitrogens is 1. The molecule has 8 heteroatoms. The van der Waals surface area contributed by atoms with E-state index in [2.05, 4.69) is 4.98 Å². The Kier molecular flexibility index (Phi) is 4.37. The SMILES string of the molecule is CC(=O)N(C)CCN(C)c1nc2ccc([N+](=O)[O-])cc2s1. The van der Waals surface area contributed by atoms with E-state index in [1.54, 1.807) is 18.0 Å². The van der Waals surface area contributed by atoms with E-state index in [1.165, 1.54) is 30.4 Å². The fraction of sp³-hybridized carbons (Fsp3) is 0.385. The predicted octanol–water partition coefficient (Wildman–Crippen LogP) is 2.12. The molecule has 1 aromatic carbocycles. The average Bonchev–Trinajstić information content (AvgIpc) is 2.86. The van der Waals surface area contributed by atoms with Crippen LogP contribution in [-0.4, -0.2) is 47.9 Å². The van der Waals surface area contributed by atoms with Crippen molar-refractivity contribution < 1.29 is 9.72 Å². The highest BCUT2D eigenvalue weighted by atomic mass is 32.1. The molecule has 0 atom stereocenters. The first-order valence-corrected chi connectivity index (χ1v) is 7.18. The van der Waals surface area contributed by atoms with Gasteiger partial charge >= 0.3 is 0 Å². The molecule has 0 aliphatic rings. The fourth-order valence-corrected chi connectivity index (χ4v) is 2.72. The minimum atomic E-state index is -0.412. The molecule has 2 aromatic rings. The van der Waals surface area contributed by atoms with Crippen LogP contribution in [-0.2, 0) is 4.79 Å². The summed E-state index contributed by atoms with van der Waals surface area (Å²) in [6.07, 6.45) is 0. The maximum absolute atomic E-state index is 11.2. The second kappa shape index (κ2) is 6.04. The van der Waals surface area contributed by atoms with Crippen LogP contribution in [0.25, 0.3) is 10.2 Å². The zero-order valence-corrected chi connectivity index (χ0v) is 12.9. The maximum Gasteiger partial charge on any atom is 0.270 e. The molecule has 0 saturated carbocycles. The number of benzene rings is 1. The van der Waals surface area contributed by atoms with E-state index < -0.39 is 4.92 Å². The first-order valence-electron chi connectivity index (χ1n) is 6.36. The van der Waals surface area contributed by atoms with Crippen molar-refractivity contribution in [3.8, 4) is 0 Å². The molecular formula is C13H16N4O3S. The molecule has 7 nitrogen and oxygen atoms in total. The number of nitrogens with zero attached hydrogens (tertiary/aromatic N) is 4. The Balaban J connectivity index is 2.14. The molecule has 21 heavy (non-hydrogen) atoms. The van der Waals surface area contributed by atoms with E-state index in [0.717, 1.165) is 15.3 Å². The van der Waals surface area contributed by atoms with Gasteiger partial charge < -0.3 is 9.80 Å². The van der Waals surface area contributed by atoms with Crippen molar-refractivity contribution in [2.75, 3.05) is 32.1 Å². The molecule has 0 aliphatic heterocycles. The highest BCUT2D eigenvalue weighted by molar-refractivity contribution is 7.22. The van der Waals surface area contributed by atoms with Gasteiger partial charge in [-0.2, -0.15) is 0 Å². The van der Waals surface area contributed by atoms with Crippen molar-refractivity contribution in [2.45, 2.75) is 6.92 Å². The van der Waals surface area contributed by atoms with E-state index >= 15 is 0 Å². The van der Waals surface area contributed by atoms with Crippen molar-refractivity contribution >= 4 is 38.3 Å². The topological polar surface area (TPSA) is 79.6 Å². The summed E-state index contributed by atoms with van der Waals surface area (Å²) >= 11 is 1.40. The molecule has 1 amide bonds. The number of rotatable bonds is 5. The summed E-state index contributed by atoms with van der Waals surface area (Å²) in [5, 5.41) is 11.5. The molecule has 0 unspecified atom stereocenters. The molecule has 0 bridgehead atoms. The summed E-state index contributed by atoms with van der Waals surface area (Å²) in [7, 11) is 3.64. The van der Waals surface area contributed by atoms with Crippen LogP contribution in [0.5, 0.6) is 0 Å². The molecule has 0 aliphatic carbocycles. The molecule has 0 saturated heterocycles. The van der Waals surface area contributed by atoms with Gasteiger partial charge in [-0.05, 0) is 6.07 Å². The third-order valence-corrected chi connectivity index (χ3v) is 4.34. The fourth-order valence-electron chi connectivity index (χ4n) is 1.73. The molecular weight excluding hydrogens is 292 g/mol. The third kappa shape index (κ3) is 3.46. The molecule has 0 spiro atoms. The summed E-state index contributed by atoms with van der Waals surface area (Å²) in [6.45, 7) is 2.77. The molecule has 2 rings (SSSR count). The van der Waals surface area contributed by atoms with Gasteiger partial charge in [0.15, 0.2) is 5.13 Å². The first kappa shape index (κ1) is 15.2. The van der Waals surface area contributed by atoms with Gasteiger partial charge in [0.05, 0.1) is 15.1 Å². The molecule has 112 valence electrons. The van der Waals surface area contributed by atoms with Crippen LogP contribution in [0.15, 0.2) is 18.2 Å². The van der Waals surface area contributed by atoms with Crippen molar-refractivity contribution in [1.29, 1.82) is 0 Å². The number of non-ortho nitro benzene ring substituents is 1. The van der Waals surface area contributed by atoms with Gasteiger partial charge in [0.2, 0.25) is 5.91 Å². The molecule has 0 fully saturated rings. The Morgan fingerprint density at radius 1 is 1.38 bits per heavy atom. The lowest BCUT2D eigenvalue weighted by Crippen LogP contribution is -2.33. The number of nitro groups is 1. The average molecular weight is 308 g/mol. The van der Waals surface area contributed by atoms with E-state index in [1.807, 2.05) is 11.9 Å². The smallest absolute Gasteiger partial charge is 0.270 e. The lowest BCUT2D eigenvalue weighted by Gasteiger charge is -2.20. The number of anilines is 1. The first-order chi connectivity index (χ1) is 9.88. The molecule has 0 radical (unpaired) electrons. The van der Waals surface area contributed by atoms with E-state index in [9.17, 15) is 14.9 Å². The van der Waals surface area contributed by atoms with Crippen LogP contribution in [0.3, 0.4) is 0 Å². The summed E-state index contributed by atoms with van der Waals surface area (Å²) in [6, 6.07) is 4.64. The number of hydrogen-bond acceptors (Lipinski definition) is 6. The highest BCUT2D eigenvalue weighted by Crippen LogP contribution is 2.30. The van der Waals surface area contributed by atoms with Gasteiger partial charge in [-0.1, -0.05) is 11.3 Å². The number of thiazole rings is 1. The van der Waals surface area contributed by atoms with Crippen LogP contribution >= 0.6 is 11.3 Å². The Hall–Kier alpha value is -2.22. The van der Waals surface area contributed by atoms with Crippen LogP contribution in [0, 0.1) is 10.1 Å². The summed E-state index contributed by atoms with van der Waals surface area (Å²) in [4.78, 5) is 29.5. The van der Waals surface area contributed by atoms with Gasteiger partial charge in [-0.15, -0.1) is 0 Å². The number of hydrogen-bond donors (Lipinski definition) is 0. The minimum absolute atomic E-state index is 0.0170. The quantitative estimate of drug-likeness (QED) is 0.624. The molecule has 1 heterocycles. The Bertz CT molecular complexity index is 685. The number of carbonyl (C=O) groups excluding carboxylic acids is 1. The highest BCUT2D eigenvalue weighted by Gasteiger charge is 2.13.